The third kappa shape index (κ3) is 3.44. The summed E-state index contributed by atoms with van der Waals surface area (Å²) >= 11 is 0. The van der Waals surface area contributed by atoms with Gasteiger partial charge in [0.15, 0.2) is 0 Å². The van der Waals surface area contributed by atoms with Crippen molar-refractivity contribution in [2.24, 2.45) is 11.3 Å². The Morgan fingerprint density at radius 3 is 2.70 bits per heavy atom. The lowest BCUT2D eigenvalue weighted by Crippen LogP contribution is -2.34. The molecule has 1 aliphatic carbocycles. The summed E-state index contributed by atoms with van der Waals surface area (Å²) in [6, 6.07) is 4.46. The van der Waals surface area contributed by atoms with E-state index in [0.717, 1.165) is 19.3 Å². The molecule has 0 aliphatic heterocycles. The van der Waals surface area contributed by atoms with E-state index in [2.05, 4.69) is 20.8 Å². The van der Waals surface area contributed by atoms with Gasteiger partial charge < -0.3 is 15.6 Å². The first-order valence-electron chi connectivity index (χ1n) is 7.06. The number of nitrogen functional groups attached to an aromatic ring is 1. The molecule has 1 aromatic carbocycles. The van der Waals surface area contributed by atoms with E-state index >= 15 is 0 Å². The van der Waals surface area contributed by atoms with E-state index in [1.54, 1.807) is 6.07 Å². The smallest absolute Gasteiger partial charge is 0.342 e. The summed E-state index contributed by atoms with van der Waals surface area (Å²) in [6.07, 6.45) is 2.80. The van der Waals surface area contributed by atoms with Crippen LogP contribution in [0.5, 0.6) is 5.75 Å². The Morgan fingerprint density at radius 2 is 2.10 bits per heavy atom. The Hall–Kier alpha value is -1.71. The van der Waals surface area contributed by atoms with Crippen molar-refractivity contribution in [3.63, 3.8) is 0 Å². The van der Waals surface area contributed by atoms with Crippen LogP contribution in [0.15, 0.2) is 18.2 Å². The lowest BCUT2D eigenvalue weighted by atomic mass is 9.71. The number of ether oxygens (including phenoxy) is 1. The molecule has 1 saturated carbocycles. The highest BCUT2D eigenvalue weighted by Crippen LogP contribution is 2.40. The third-order valence-corrected chi connectivity index (χ3v) is 3.86. The number of rotatable bonds is 2. The maximum atomic E-state index is 12.1. The van der Waals surface area contributed by atoms with E-state index in [1.165, 1.54) is 12.1 Å². The summed E-state index contributed by atoms with van der Waals surface area (Å²) < 4.78 is 5.56. The molecule has 1 aliphatic rings. The van der Waals surface area contributed by atoms with Gasteiger partial charge in [-0.15, -0.1) is 0 Å². The normalized spacial score (nSPS) is 25.1. The summed E-state index contributed by atoms with van der Waals surface area (Å²) in [7, 11) is 0. The molecule has 0 amide bonds. The monoisotopic (exact) mass is 277 g/mol. The number of benzene rings is 1. The first-order chi connectivity index (χ1) is 9.27. The van der Waals surface area contributed by atoms with Crippen molar-refractivity contribution in [3.05, 3.63) is 23.8 Å². The number of phenols is 1. The van der Waals surface area contributed by atoms with Gasteiger partial charge in [-0.25, -0.2) is 4.79 Å². The molecule has 0 radical (unpaired) electrons. The van der Waals surface area contributed by atoms with Crippen molar-refractivity contribution in [1.29, 1.82) is 0 Å². The highest BCUT2D eigenvalue weighted by molar-refractivity contribution is 5.93. The van der Waals surface area contributed by atoms with Gasteiger partial charge in [0.25, 0.3) is 0 Å². The second-order valence-electron chi connectivity index (χ2n) is 6.72. The molecule has 2 atom stereocenters. The van der Waals surface area contributed by atoms with E-state index in [1.807, 2.05) is 0 Å². The van der Waals surface area contributed by atoms with E-state index in [9.17, 15) is 9.90 Å². The number of aromatic hydroxyl groups is 1. The Morgan fingerprint density at radius 1 is 1.40 bits per heavy atom. The molecule has 0 saturated heterocycles. The maximum absolute atomic E-state index is 12.1. The summed E-state index contributed by atoms with van der Waals surface area (Å²) in [5.74, 6) is -0.0629. The second kappa shape index (κ2) is 5.35. The number of carbonyl (C=O) groups is 1. The molecule has 4 nitrogen and oxygen atoms in total. The van der Waals surface area contributed by atoms with E-state index in [-0.39, 0.29) is 22.8 Å². The molecular formula is C16H23NO3. The van der Waals surface area contributed by atoms with Crippen LogP contribution in [0.2, 0.25) is 0 Å². The summed E-state index contributed by atoms with van der Waals surface area (Å²) in [5, 5.41) is 9.77. The zero-order chi connectivity index (χ0) is 14.9. The van der Waals surface area contributed by atoms with Crippen LogP contribution < -0.4 is 5.73 Å². The quantitative estimate of drug-likeness (QED) is 0.642. The van der Waals surface area contributed by atoms with Crippen LogP contribution in [0.3, 0.4) is 0 Å². The molecule has 0 bridgehead atoms. The van der Waals surface area contributed by atoms with Gasteiger partial charge in [0.1, 0.15) is 17.4 Å². The molecule has 1 aromatic rings. The minimum absolute atomic E-state index is 0.0850. The van der Waals surface area contributed by atoms with E-state index in [4.69, 9.17) is 10.5 Å². The van der Waals surface area contributed by atoms with Crippen molar-refractivity contribution in [2.45, 2.75) is 46.1 Å². The number of carbonyl (C=O) groups excluding carboxylic acids is 1. The Balaban J connectivity index is 2.07. The molecule has 4 heteroatoms. The molecule has 20 heavy (non-hydrogen) atoms. The van der Waals surface area contributed by atoms with Crippen molar-refractivity contribution in [1.82, 2.24) is 0 Å². The largest absolute Gasteiger partial charge is 0.507 e. The number of hydrogen-bond acceptors (Lipinski definition) is 4. The van der Waals surface area contributed by atoms with Crippen LogP contribution in [0.1, 0.15) is 50.4 Å². The van der Waals surface area contributed by atoms with Crippen LogP contribution in [0.4, 0.5) is 5.69 Å². The second-order valence-corrected chi connectivity index (χ2v) is 6.72. The summed E-state index contributed by atoms with van der Waals surface area (Å²) in [5.41, 5.74) is 6.34. The molecule has 2 unspecified atom stereocenters. The Bertz CT molecular complexity index is 510. The molecular weight excluding hydrogens is 254 g/mol. The van der Waals surface area contributed by atoms with Crippen molar-refractivity contribution >= 4 is 11.7 Å². The highest BCUT2D eigenvalue weighted by Gasteiger charge is 2.34. The summed E-state index contributed by atoms with van der Waals surface area (Å²) in [6.45, 7) is 6.58. The lowest BCUT2D eigenvalue weighted by molar-refractivity contribution is -0.00733. The van der Waals surface area contributed by atoms with Gasteiger partial charge in [-0.05, 0) is 42.7 Å². The molecule has 110 valence electrons. The fourth-order valence-corrected chi connectivity index (χ4v) is 3.28. The first-order valence-corrected chi connectivity index (χ1v) is 7.06. The SMILES string of the molecule is CC1CC(OC(=O)c2ccc(N)cc2O)CC(C)(C)C1. The first kappa shape index (κ1) is 14.7. The molecule has 1 fully saturated rings. The van der Waals surface area contributed by atoms with Gasteiger partial charge in [-0.3, -0.25) is 0 Å². The Kier molecular flexibility index (Phi) is 3.93. The summed E-state index contributed by atoms with van der Waals surface area (Å²) in [4.78, 5) is 12.1. The predicted octanol–water partition coefficient (Wildman–Crippen LogP) is 3.35. The average molecular weight is 277 g/mol. The average Bonchev–Trinajstić information content (AvgIpc) is 2.25. The Labute approximate surface area is 119 Å². The van der Waals surface area contributed by atoms with Gasteiger partial charge in [0.2, 0.25) is 0 Å². The van der Waals surface area contributed by atoms with Crippen molar-refractivity contribution in [3.8, 4) is 5.75 Å². The van der Waals surface area contributed by atoms with E-state index in [0.29, 0.717) is 11.6 Å². The standard InChI is InChI=1S/C16H23NO3/c1-10-6-12(9-16(2,3)8-10)20-15(19)13-5-4-11(17)7-14(13)18/h4-5,7,10,12,18H,6,8-9,17H2,1-3H3. The van der Waals surface area contributed by atoms with Gasteiger partial charge >= 0.3 is 5.97 Å². The predicted molar refractivity (Wildman–Crippen MR) is 78.5 cm³/mol. The molecule has 0 heterocycles. The van der Waals surface area contributed by atoms with Crippen LogP contribution in [-0.2, 0) is 4.74 Å². The fraction of sp³-hybridized carbons (Fsp3) is 0.562. The fourth-order valence-electron chi connectivity index (χ4n) is 3.28. The molecule has 0 aromatic heterocycles. The number of anilines is 1. The minimum Gasteiger partial charge on any atom is -0.507 e. The van der Waals surface area contributed by atoms with Crippen molar-refractivity contribution in [2.75, 3.05) is 5.73 Å². The molecule has 2 rings (SSSR count). The van der Waals surface area contributed by atoms with Gasteiger partial charge in [-0.2, -0.15) is 0 Å². The zero-order valence-electron chi connectivity index (χ0n) is 12.3. The third-order valence-electron chi connectivity index (χ3n) is 3.86. The van der Waals surface area contributed by atoms with Crippen LogP contribution in [0.25, 0.3) is 0 Å². The van der Waals surface area contributed by atoms with Gasteiger partial charge in [0, 0.05) is 11.8 Å². The number of phenolic OH excluding ortho intramolecular Hbond substituents is 1. The van der Waals surface area contributed by atoms with Crippen LogP contribution in [0, 0.1) is 11.3 Å². The van der Waals surface area contributed by atoms with Gasteiger partial charge in [-0.1, -0.05) is 20.8 Å². The minimum atomic E-state index is -0.475. The number of nitrogens with two attached hydrogens (primary N) is 1. The number of esters is 1. The molecule has 0 spiro atoms. The van der Waals surface area contributed by atoms with E-state index < -0.39 is 5.97 Å². The van der Waals surface area contributed by atoms with Crippen LogP contribution in [-0.4, -0.2) is 17.2 Å². The lowest BCUT2D eigenvalue weighted by Gasteiger charge is -2.38. The maximum Gasteiger partial charge on any atom is 0.342 e. The zero-order valence-corrected chi connectivity index (χ0v) is 12.3. The number of hydrogen-bond donors (Lipinski definition) is 2. The highest BCUT2D eigenvalue weighted by atomic mass is 16.5. The van der Waals surface area contributed by atoms with Crippen molar-refractivity contribution < 1.29 is 14.6 Å². The molecule has 3 N–H and O–H groups in total. The van der Waals surface area contributed by atoms with Crippen LogP contribution >= 0.6 is 0 Å². The topological polar surface area (TPSA) is 72.5 Å². The van der Waals surface area contributed by atoms with Gasteiger partial charge in [0.05, 0.1) is 0 Å².